The van der Waals surface area contributed by atoms with Crippen LogP contribution in [0.5, 0.6) is 0 Å². The van der Waals surface area contributed by atoms with E-state index in [0.717, 1.165) is 36.3 Å². The molecule has 0 amide bonds. The number of hydrogen-bond acceptors (Lipinski definition) is 4. The van der Waals surface area contributed by atoms with Gasteiger partial charge in [0, 0.05) is 54.9 Å². The number of piperidine rings is 1. The van der Waals surface area contributed by atoms with Crippen LogP contribution >= 0.6 is 0 Å². The van der Waals surface area contributed by atoms with Crippen molar-refractivity contribution in [3.63, 3.8) is 0 Å². The molecule has 5 nitrogen and oxygen atoms in total. The van der Waals surface area contributed by atoms with Crippen molar-refractivity contribution >= 4 is 16.7 Å². The standard InChI is InChI=1S/C24H26N4O/c1-27-17-25-15-23(27)19-12-18-9-11-29-24(18)20(13-19)14-26-21-6-5-10-28(16-21)22-7-3-2-4-8-22/h2-4,7-9,11-13,15,17,21,26H,5-6,10,14,16H2,1H3/t21-/m0/s1. The number of fused-ring (bicyclic) bond motifs is 1. The number of anilines is 1. The smallest absolute Gasteiger partial charge is 0.138 e. The van der Waals surface area contributed by atoms with E-state index in [2.05, 4.69) is 62.2 Å². The summed E-state index contributed by atoms with van der Waals surface area (Å²) in [7, 11) is 2.03. The first-order valence-corrected chi connectivity index (χ1v) is 10.3. The second kappa shape index (κ2) is 7.76. The Morgan fingerprint density at radius 3 is 2.90 bits per heavy atom. The topological polar surface area (TPSA) is 46.2 Å². The molecule has 5 rings (SSSR count). The summed E-state index contributed by atoms with van der Waals surface area (Å²) in [5.74, 6) is 0. The first-order chi connectivity index (χ1) is 14.3. The number of rotatable bonds is 5. The van der Waals surface area contributed by atoms with Gasteiger partial charge in [0.15, 0.2) is 0 Å². The molecule has 1 aliphatic heterocycles. The fourth-order valence-electron chi connectivity index (χ4n) is 4.34. The number of para-hydroxylation sites is 1. The predicted octanol–water partition coefficient (Wildman–Crippen LogP) is 4.59. The lowest BCUT2D eigenvalue weighted by atomic mass is 10.0. The Morgan fingerprint density at radius 2 is 2.07 bits per heavy atom. The van der Waals surface area contributed by atoms with Crippen LogP contribution in [-0.2, 0) is 13.6 Å². The second-order valence-corrected chi connectivity index (χ2v) is 7.87. The molecule has 0 radical (unpaired) electrons. The molecule has 0 aliphatic carbocycles. The monoisotopic (exact) mass is 386 g/mol. The van der Waals surface area contributed by atoms with Gasteiger partial charge in [0.1, 0.15) is 5.58 Å². The summed E-state index contributed by atoms with van der Waals surface area (Å²) < 4.78 is 7.86. The molecule has 1 atom stereocenters. The van der Waals surface area contributed by atoms with Crippen LogP contribution in [0.25, 0.3) is 22.2 Å². The average Bonchev–Trinajstić information content (AvgIpc) is 3.41. The molecule has 4 aromatic rings. The van der Waals surface area contributed by atoms with Gasteiger partial charge in [0.2, 0.25) is 0 Å². The van der Waals surface area contributed by atoms with Gasteiger partial charge in [0.05, 0.1) is 24.5 Å². The van der Waals surface area contributed by atoms with Gasteiger partial charge in [-0.2, -0.15) is 0 Å². The highest BCUT2D eigenvalue weighted by molar-refractivity contribution is 5.85. The molecule has 0 spiro atoms. The number of aryl methyl sites for hydroxylation is 1. The number of hydrogen-bond donors (Lipinski definition) is 1. The van der Waals surface area contributed by atoms with E-state index >= 15 is 0 Å². The van der Waals surface area contributed by atoms with Crippen LogP contribution in [0.4, 0.5) is 5.69 Å². The van der Waals surface area contributed by atoms with E-state index in [4.69, 9.17) is 4.42 Å². The summed E-state index contributed by atoms with van der Waals surface area (Å²) in [6, 6.07) is 17.6. The van der Waals surface area contributed by atoms with Crippen LogP contribution < -0.4 is 10.2 Å². The number of imidazole rings is 1. The molecular formula is C24H26N4O. The highest BCUT2D eigenvalue weighted by Gasteiger charge is 2.20. The highest BCUT2D eigenvalue weighted by atomic mass is 16.3. The van der Waals surface area contributed by atoms with Crippen LogP contribution in [-0.4, -0.2) is 28.7 Å². The van der Waals surface area contributed by atoms with Gasteiger partial charge in [-0.15, -0.1) is 0 Å². The highest BCUT2D eigenvalue weighted by Crippen LogP contribution is 2.29. The first-order valence-electron chi connectivity index (χ1n) is 10.3. The van der Waals surface area contributed by atoms with Crippen molar-refractivity contribution < 1.29 is 4.42 Å². The molecule has 3 heterocycles. The summed E-state index contributed by atoms with van der Waals surface area (Å²) in [5, 5.41) is 4.92. The molecule has 0 saturated carbocycles. The predicted molar refractivity (Wildman–Crippen MR) is 117 cm³/mol. The zero-order valence-electron chi connectivity index (χ0n) is 16.7. The molecule has 2 aromatic heterocycles. The van der Waals surface area contributed by atoms with Crippen molar-refractivity contribution in [3.8, 4) is 11.3 Å². The molecule has 0 bridgehead atoms. The summed E-state index contributed by atoms with van der Waals surface area (Å²) in [6.45, 7) is 2.95. The third-order valence-corrected chi connectivity index (χ3v) is 5.86. The molecule has 148 valence electrons. The van der Waals surface area contributed by atoms with E-state index in [1.165, 1.54) is 29.7 Å². The molecule has 29 heavy (non-hydrogen) atoms. The number of furan rings is 1. The zero-order valence-corrected chi connectivity index (χ0v) is 16.7. The minimum Gasteiger partial charge on any atom is -0.464 e. The van der Waals surface area contributed by atoms with Crippen molar-refractivity contribution in [2.75, 3.05) is 18.0 Å². The van der Waals surface area contributed by atoms with E-state index in [1.54, 1.807) is 6.26 Å². The summed E-state index contributed by atoms with van der Waals surface area (Å²) in [5.41, 5.74) is 5.76. The number of nitrogens with zero attached hydrogens (tertiary/aromatic N) is 3. The third kappa shape index (κ3) is 3.66. The molecule has 1 saturated heterocycles. The van der Waals surface area contributed by atoms with Gasteiger partial charge in [-0.25, -0.2) is 4.98 Å². The van der Waals surface area contributed by atoms with E-state index in [0.29, 0.717) is 6.04 Å². The molecule has 0 unspecified atom stereocenters. The van der Waals surface area contributed by atoms with E-state index in [9.17, 15) is 0 Å². The number of aromatic nitrogens is 2. The molecule has 1 aliphatic rings. The van der Waals surface area contributed by atoms with E-state index < -0.39 is 0 Å². The molecular weight excluding hydrogens is 360 g/mol. The minimum absolute atomic E-state index is 0.467. The van der Waals surface area contributed by atoms with Crippen molar-refractivity contribution in [1.29, 1.82) is 0 Å². The number of benzene rings is 2. The first kappa shape index (κ1) is 18.0. The van der Waals surface area contributed by atoms with Crippen molar-refractivity contribution in [2.24, 2.45) is 7.05 Å². The summed E-state index contributed by atoms with van der Waals surface area (Å²) in [4.78, 5) is 6.75. The Bertz CT molecular complexity index is 1100. The van der Waals surface area contributed by atoms with Gasteiger partial charge in [-0.05, 0) is 43.2 Å². The lowest BCUT2D eigenvalue weighted by Crippen LogP contribution is -2.45. The van der Waals surface area contributed by atoms with Crippen LogP contribution in [0, 0.1) is 0 Å². The quantitative estimate of drug-likeness (QED) is 0.545. The Morgan fingerprint density at radius 1 is 1.17 bits per heavy atom. The Hall–Kier alpha value is -3.05. The van der Waals surface area contributed by atoms with Crippen LogP contribution in [0.2, 0.25) is 0 Å². The minimum atomic E-state index is 0.467. The van der Waals surface area contributed by atoms with Crippen molar-refractivity contribution in [3.05, 3.63) is 72.9 Å². The van der Waals surface area contributed by atoms with Gasteiger partial charge in [0.25, 0.3) is 0 Å². The van der Waals surface area contributed by atoms with Gasteiger partial charge in [-0.3, -0.25) is 0 Å². The maximum absolute atomic E-state index is 5.81. The molecule has 1 fully saturated rings. The zero-order chi connectivity index (χ0) is 19.6. The summed E-state index contributed by atoms with van der Waals surface area (Å²) in [6.07, 6.45) is 7.94. The summed E-state index contributed by atoms with van der Waals surface area (Å²) >= 11 is 0. The lowest BCUT2D eigenvalue weighted by Gasteiger charge is -2.35. The van der Waals surface area contributed by atoms with Crippen LogP contribution in [0.3, 0.4) is 0 Å². The lowest BCUT2D eigenvalue weighted by molar-refractivity contribution is 0.421. The fourth-order valence-corrected chi connectivity index (χ4v) is 4.34. The normalized spacial score (nSPS) is 17.1. The maximum atomic E-state index is 5.81. The second-order valence-electron chi connectivity index (χ2n) is 7.87. The Balaban J connectivity index is 1.35. The molecule has 1 N–H and O–H groups in total. The molecule has 5 heteroatoms. The average molecular weight is 386 g/mol. The number of nitrogens with one attached hydrogen (secondary N) is 1. The van der Waals surface area contributed by atoms with Crippen molar-refractivity contribution in [2.45, 2.75) is 25.4 Å². The van der Waals surface area contributed by atoms with Crippen molar-refractivity contribution in [1.82, 2.24) is 14.9 Å². The van der Waals surface area contributed by atoms with Gasteiger partial charge < -0.3 is 19.2 Å². The maximum Gasteiger partial charge on any atom is 0.138 e. The SMILES string of the molecule is Cn1cncc1-c1cc(CN[C@H]2CCCN(c3ccccc3)C2)c2occc2c1. The molecule has 2 aromatic carbocycles. The van der Waals surface area contributed by atoms with Crippen LogP contribution in [0.1, 0.15) is 18.4 Å². The third-order valence-electron chi connectivity index (χ3n) is 5.86. The van der Waals surface area contributed by atoms with Crippen LogP contribution in [0.15, 0.2) is 71.7 Å². The van der Waals surface area contributed by atoms with Gasteiger partial charge >= 0.3 is 0 Å². The fraction of sp³-hybridized carbons (Fsp3) is 0.292. The van der Waals surface area contributed by atoms with Gasteiger partial charge in [-0.1, -0.05) is 18.2 Å². The Kier molecular flexibility index (Phi) is 4.82. The van der Waals surface area contributed by atoms with E-state index in [-0.39, 0.29) is 0 Å². The van der Waals surface area contributed by atoms with E-state index in [1.807, 2.05) is 25.6 Å². The largest absolute Gasteiger partial charge is 0.464 e. The Labute approximate surface area is 171 Å².